The molecule has 23 heavy (non-hydrogen) atoms. The number of hydrogen-bond donors (Lipinski definition) is 2. The number of nitrogens with one attached hydrogen (secondary N) is 2. The Morgan fingerprint density at radius 3 is 2.74 bits per heavy atom. The normalized spacial score (nSPS) is 11.4. The van der Waals surface area contributed by atoms with Gasteiger partial charge >= 0.3 is 0 Å². The highest BCUT2D eigenvalue weighted by molar-refractivity contribution is 7.90. The van der Waals surface area contributed by atoms with Crippen LogP contribution in [0.15, 0.2) is 41.6 Å². The topological polar surface area (TPSA) is 93.1 Å². The number of carbonyl (C=O) groups is 1. The Bertz CT molecular complexity index is 784. The summed E-state index contributed by atoms with van der Waals surface area (Å²) in [6.45, 7) is 0.772. The second-order valence-corrected chi connectivity index (χ2v) is 7.15. The van der Waals surface area contributed by atoms with Gasteiger partial charge in [0.1, 0.15) is 0 Å². The lowest BCUT2D eigenvalue weighted by Crippen LogP contribution is -2.14. The summed E-state index contributed by atoms with van der Waals surface area (Å²) < 4.78 is 25.1. The Morgan fingerprint density at radius 2 is 2.04 bits per heavy atom. The third kappa shape index (κ3) is 4.64. The van der Waals surface area contributed by atoms with Crippen LogP contribution in [0.2, 0.25) is 0 Å². The van der Waals surface area contributed by atoms with Gasteiger partial charge in [-0.1, -0.05) is 12.1 Å². The molecule has 0 fully saturated rings. The first kappa shape index (κ1) is 17.2. The summed E-state index contributed by atoms with van der Waals surface area (Å²) in [4.78, 5) is 12.0. The van der Waals surface area contributed by atoms with Crippen molar-refractivity contribution in [2.45, 2.75) is 17.7 Å². The van der Waals surface area contributed by atoms with Crippen molar-refractivity contribution in [2.24, 2.45) is 0 Å². The van der Waals surface area contributed by atoms with Gasteiger partial charge in [-0.25, -0.2) is 13.1 Å². The first-order valence-corrected chi connectivity index (χ1v) is 9.09. The molecule has 7 nitrogen and oxygen atoms in total. The van der Waals surface area contributed by atoms with E-state index in [9.17, 15) is 13.2 Å². The second kappa shape index (κ2) is 7.38. The maximum Gasteiger partial charge on any atom is 0.224 e. The van der Waals surface area contributed by atoms with Crippen molar-refractivity contribution >= 4 is 21.4 Å². The minimum absolute atomic E-state index is 0.101. The second-order valence-electron chi connectivity index (χ2n) is 5.17. The van der Waals surface area contributed by atoms with Crippen molar-refractivity contribution in [3.8, 4) is 5.69 Å². The first-order valence-electron chi connectivity index (χ1n) is 7.20. The lowest BCUT2D eigenvalue weighted by Gasteiger charge is -2.07. The van der Waals surface area contributed by atoms with E-state index < -0.39 is 9.84 Å². The summed E-state index contributed by atoms with van der Waals surface area (Å²) in [5, 5.41) is 9.86. The van der Waals surface area contributed by atoms with Crippen molar-refractivity contribution in [1.29, 1.82) is 0 Å². The fraction of sp³-hybridized carbons (Fsp3) is 0.333. The number of anilines is 1. The lowest BCUT2D eigenvalue weighted by molar-refractivity contribution is -0.116. The Hall–Kier alpha value is -2.19. The fourth-order valence-corrected chi connectivity index (χ4v) is 3.00. The van der Waals surface area contributed by atoms with Crippen LogP contribution in [0.3, 0.4) is 0 Å². The van der Waals surface area contributed by atoms with Gasteiger partial charge in [-0.05, 0) is 32.1 Å². The average molecular weight is 336 g/mol. The van der Waals surface area contributed by atoms with Crippen molar-refractivity contribution in [3.05, 3.63) is 36.7 Å². The summed E-state index contributed by atoms with van der Waals surface area (Å²) >= 11 is 0. The summed E-state index contributed by atoms with van der Waals surface area (Å²) in [6.07, 6.45) is 5.40. The summed E-state index contributed by atoms with van der Waals surface area (Å²) in [6, 6.07) is 6.60. The van der Waals surface area contributed by atoms with E-state index in [-0.39, 0.29) is 10.8 Å². The van der Waals surface area contributed by atoms with E-state index in [1.165, 1.54) is 16.9 Å². The molecular formula is C15H20N4O3S. The van der Waals surface area contributed by atoms with Crippen molar-refractivity contribution < 1.29 is 13.2 Å². The number of sulfone groups is 1. The number of benzene rings is 1. The molecule has 0 radical (unpaired) electrons. The largest absolute Gasteiger partial charge is 0.323 e. The van der Waals surface area contributed by atoms with E-state index in [0.717, 1.165) is 19.2 Å². The average Bonchev–Trinajstić information content (AvgIpc) is 2.95. The SMILES string of the molecule is CNCCCC(=O)Nc1cnn(-c2ccccc2S(C)(=O)=O)c1. The molecule has 1 heterocycles. The first-order chi connectivity index (χ1) is 10.9. The van der Waals surface area contributed by atoms with Crippen LogP contribution in [0.5, 0.6) is 0 Å². The van der Waals surface area contributed by atoms with Crippen LogP contribution in [0.4, 0.5) is 5.69 Å². The Morgan fingerprint density at radius 1 is 1.30 bits per heavy atom. The predicted molar refractivity (Wildman–Crippen MR) is 88.5 cm³/mol. The molecule has 8 heteroatoms. The molecular weight excluding hydrogens is 316 g/mol. The maximum absolute atomic E-state index is 11.8. The maximum atomic E-state index is 11.8. The molecule has 1 amide bonds. The molecule has 0 saturated heterocycles. The van der Waals surface area contributed by atoms with Crippen LogP contribution >= 0.6 is 0 Å². The van der Waals surface area contributed by atoms with Gasteiger partial charge in [-0.2, -0.15) is 5.10 Å². The quantitative estimate of drug-likeness (QED) is 0.742. The molecule has 2 rings (SSSR count). The molecule has 0 aliphatic rings. The fourth-order valence-electron chi connectivity index (χ4n) is 2.13. The van der Waals surface area contributed by atoms with Crippen LogP contribution in [0, 0.1) is 0 Å². The molecule has 0 bridgehead atoms. The number of para-hydroxylation sites is 1. The minimum atomic E-state index is -3.37. The van der Waals surface area contributed by atoms with Gasteiger partial charge < -0.3 is 10.6 Å². The number of aromatic nitrogens is 2. The molecule has 2 N–H and O–H groups in total. The van der Waals surface area contributed by atoms with E-state index in [0.29, 0.717) is 17.8 Å². The number of amides is 1. The van der Waals surface area contributed by atoms with E-state index in [4.69, 9.17) is 0 Å². The van der Waals surface area contributed by atoms with Crippen LogP contribution in [-0.4, -0.2) is 44.0 Å². The molecule has 0 aliphatic carbocycles. The van der Waals surface area contributed by atoms with Crippen molar-refractivity contribution in [1.82, 2.24) is 15.1 Å². The van der Waals surface area contributed by atoms with Crippen LogP contribution in [0.1, 0.15) is 12.8 Å². The standard InChI is InChI=1S/C15H20N4O3S/c1-16-9-5-8-15(20)18-12-10-17-19(11-12)13-6-3-4-7-14(13)23(2,21)22/h3-4,6-7,10-11,16H,5,8-9H2,1-2H3,(H,18,20). The third-order valence-electron chi connectivity index (χ3n) is 3.21. The van der Waals surface area contributed by atoms with Crippen LogP contribution < -0.4 is 10.6 Å². The smallest absolute Gasteiger partial charge is 0.224 e. The monoisotopic (exact) mass is 336 g/mol. The van der Waals surface area contributed by atoms with Gasteiger partial charge in [0.15, 0.2) is 9.84 Å². The van der Waals surface area contributed by atoms with E-state index in [1.54, 1.807) is 24.4 Å². The zero-order chi connectivity index (χ0) is 16.9. The molecule has 0 atom stereocenters. The Kier molecular flexibility index (Phi) is 5.51. The highest BCUT2D eigenvalue weighted by Gasteiger charge is 2.15. The number of carbonyl (C=O) groups excluding carboxylic acids is 1. The molecule has 124 valence electrons. The zero-order valence-corrected chi connectivity index (χ0v) is 13.9. The Balaban J connectivity index is 2.16. The molecule has 0 saturated carbocycles. The molecule has 1 aromatic carbocycles. The van der Waals surface area contributed by atoms with Crippen molar-refractivity contribution in [3.63, 3.8) is 0 Å². The zero-order valence-electron chi connectivity index (χ0n) is 13.1. The minimum Gasteiger partial charge on any atom is -0.323 e. The van der Waals surface area contributed by atoms with Gasteiger partial charge in [0.2, 0.25) is 5.91 Å². The molecule has 1 aromatic heterocycles. The lowest BCUT2D eigenvalue weighted by atomic mass is 10.3. The highest BCUT2D eigenvalue weighted by Crippen LogP contribution is 2.20. The molecule has 0 aliphatic heterocycles. The van der Waals surface area contributed by atoms with E-state index in [2.05, 4.69) is 15.7 Å². The van der Waals surface area contributed by atoms with E-state index >= 15 is 0 Å². The van der Waals surface area contributed by atoms with Crippen LogP contribution in [-0.2, 0) is 14.6 Å². The molecule has 0 unspecified atom stereocenters. The number of hydrogen-bond acceptors (Lipinski definition) is 5. The summed E-state index contributed by atoms with van der Waals surface area (Å²) in [5.74, 6) is -0.101. The number of rotatable bonds is 7. The third-order valence-corrected chi connectivity index (χ3v) is 4.35. The molecule has 0 spiro atoms. The molecule has 2 aromatic rings. The van der Waals surface area contributed by atoms with Gasteiger partial charge in [0, 0.05) is 12.7 Å². The van der Waals surface area contributed by atoms with E-state index in [1.807, 2.05) is 7.05 Å². The summed E-state index contributed by atoms with van der Waals surface area (Å²) in [5.41, 5.74) is 0.980. The van der Waals surface area contributed by atoms with Gasteiger partial charge in [-0.15, -0.1) is 0 Å². The van der Waals surface area contributed by atoms with Gasteiger partial charge in [0.25, 0.3) is 0 Å². The van der Waals surface area contributed by atoms with Crippen LogP contribution in [0.25, 0.3) is 5.69 Å². The van der Waals surface area contributed by atoms with Gasteiger partial charge in [-0.3, -0.25) is 4.79 Å². The highest BCUT2D eigenvalue weighted by atomic mass is 32.2. The van der Waals surface area contributed by atoms with Gasteiger partial charge in [0.05, 0.1) is 28.7 Å². The predicted octanol–water partition coefficient (Wildman–Crippen LogP) is 1.21. The number of nitrogens with zero attached hydrogens (tertiary/aromatic N) is 2. The summed E-state index contributed by atoms with van der Waals surface area (Å²) in [7, 11) is -1.53. The van der Waals surface area contributed by atoms with Crippen molar-refractivity contribution in [2.75, 3.05) is 25.2 Å². The Labute approximate surface area is 135 Å².